The Morgan fingerprint density at radius 2 is 2.04 bits per heavy atom. The van der Waals surface area contributed by atoms with E-state index in [1.165, 1.54) is 0 Å². The molecule has 0 aliphatic heterocycles. The third kappa shape index (κ3) is 3.89. The highest BCUT2D eigenvalue weighted by Gasteiger charge is 2.12. The van der Waals surface area contributed by atoms with Crippen LogP contribution in [0.5, 0.6) is 0 Å². The van der Waals surface area contributed by atoms with E-state index in [0.717, 1.165) is 34.1 Å². The number of rotatable bonds is 5. The van der Waals surface area contributed by atoms with Gasteiger partial charge in [-0.1, -0.05) is 26.0 Å². The first-order valence-electron chi connectivity index (χ1n) is 7.89. The summed E-state index contributed by atoms with van der Waals surface area (Å²) in [5.41, 5.74) is 4.12. The van der Waals surface area contributed by atoms with E-state index in [-0.39, 0.29) is 5.91 Å². The van der Waals surface area contributed by atoms with E-state index in [1.54, 1.807) is 11.3 Å². The average molecular weight is 340 g/mol. The van der Waals surface area contributed by atoms with Gasteiger partial charge >= 0.3 is 0 Å². The van der Waals surface area contributed by atoms with Crippen LogP contribution in [0.15, 0.2) is 35.7 Å². The van der Waals surface area contributed by atoms with Gasteiger partial charge in [0, 0.05) is 22.3 Å². The Bertz CT molecular complexity index is 833. The van der Waals surface area contributed by atoms with Crippen molar-refractivity contribution in [1.29, 1.82) is 0 Å². The fourth-order valence-corrected chi connectivity index (χ4v) is 3.06. The van der Waals surface area contributed by atoms with Gasteiger partial charge in [0.25, 0.3) is 5.91 Å². The largest absolute Gasteiger partial charge is 0.321 e. The van der Waals surface area contributed by atoms with E-state index in [0.29, 0.717) is 11.6 Å². The Balaban J connectivity index is 1.67. The summed E-state index contributed by atoms with van der Waals surface area (Å²) in [6.45, 7) is 6.25. The van der Waals surface area contributed by atoms with E-state index in [4.69, 9.17) is 0 Å². The number of thiazole rings is 1. The first kappa shape index (κ1) is 16.4. The zero-order valence-electron chi connectivity index (χ0n) is 14.0. The summed E-state index contributed by atoms with van der Waals surface area (Å²) < 4.78 is 0. The van der Waals surface area contributed by atoms with Crippen LogP contribution in [0.3, 0.4) is 0 Å². The number of aromatic amines is 1. The van der Waals surface area contributed by atoms with Crippen molar-refractivity contribution < 1.29 is 4.79 Å². The van der Waals surface area contributed by atoms with Crippen molar-refractivity contribution in [3.05, 3.63) is 52.1 Å². The molecule has 0 aliphatic carbocycles. The number of aryl methyl sites for hydroxylation is 1. The predicted octanol–water partition coefficient (Wildman–Crippen LogP) is 4.29. The minimum Gasteiger partial charge on any atom is -0.321 e. The van der Waals surface area contributed by atoms with Crippen LogP contribution >= 0.6 is 11.3 Å². The van der Waals surface area contributed by atoms with Gasteiger partial charge < -0.3 is 5.32 Å². The normalized spacial score (nSPS) is 11.0. The third-order valence-corrected chi connectivity index (χ3v) is 4.32. The summed E-state index contributed by atoms with van der Waals surface area (Å²) in [5.74, 6) is 0.307. The van der Waals surface area contributed by atoms with Gasteiger partial charge in [-0.25, -0.2) is 4.98 Å². The number of benzene rings is 1. The zero-order valence-corrected chi connectivity index (χ0v) is 14.8. The minimum absolute atomic E-state index is 0.210. The molecule has 0 saturated heterocycles. The van der Waals surface area contributed by atoms with E-state index < -0.39 is 0 Å². The van der Waals surface area contributed by atoms with Crippen molar-refractivity contribution in [3.8, 4) is 11.3 Å². The van der Waals surface area contributed by atoms with Gasteiger partial charge in [-0.05, 0) is 37.5 Å². The van der Waals surface area contributed by atoms with Crippen LogP contribution in [-0.4, -0.2) is 21.1 Å². The SMILES string of the molecule is Cc1nc(-c2ccc(NC(=O)c3cc(CC(C)C)[nH]n3)cc2)cs1. The van der Waals surface area contributed by atoms with Crippen LogP contribution in [0.1, 0.15) is 35.0 Å². The fourth-order valence-electron chi connectivity index (χ4n) is 2.44. The molecule has 3 rings (SSSR count). The van der Waals surface area contributed by atoms with Gasteiger partial charge in [0.2, 0.25) is 0 Å². The lowest BCUT2D eigenvalue weighted by Gasteiger charge is -2.04. The third-order valence-electron chi connectivity index (χ3n) is 3.55. The molecular weight excluding hydrogens is 320 g/mol. The number of aromatic nitrogens is 3. The molecule has 0 spiro atoms. The lowest BCUT2D eigenvalue weighted by Crippen LogP contribution is -2.12. The molecule has 0 saturated carbocycles. The summed E-state index contributed by atoms with van der Waals surface area (Å²) in [5, 5.41) is 12.9. The van der Waals surface area contributed by atoms with E-state index in [9.17, 15) is 4.79 Å². The highest BCUT2D eigenvalue weighted by atomic mass is 32.1. The fraction of sp³-hybridized carbons (Fsp3) is 0.278. The first-order chi connectivity index (χ1) is 11.5. The number of nitrogens with zero attached hydrogens (tertiary/aromatic N) is 2. The van der Waals surface area contributed by atoms with Crippen molar-refractivity contribution in [2.24, 2.45) is 5.92 Å². The summed E-state index contributed by atoms with van der Waals surface area (Å²) >= 11 is 1.63. The summed E-state index contributed by atoms with van der Waals surface area (Å²) in [6, 6.07) is 9.48. The Labute approximate surface area is 145 Å². The van der Waals surface area contributed by atoms with Crippen LogP contribution in [0.25, 0.3) is 11.3 Å². The predicted molar refractivity (Wildman–Crippen MR) is 97.4 cm³/mol. The van der Waals surface area contributed by atoms with Crippen molar-refractivity contribution in [3.63, 3.8) is 0 Å². The Morgan fingerprint density at radius 3 is 2.67 bits per heavy atom. The molecular formula is C18H20N4OS. The molecule has 2 heterocycles. The summed E-state index contributed by atoms with van der Waals surface area (Å²) in [4.78, 5) is 16.7. The number of hydrogen-bond acceptors (Lipinski definition) is 4. The van der Waals surface area contributed by atoms with Crippen LogP contribution in [-0.2, 0) is 6.42 Å². The maximum Gasteiger partial charge on any atom is 0.276 e. The molecule has 6 heteroatoms. The molecule has 5 nitrogen and oxygen atoms in total. The number of H-pyrrole nitrogens is 1. The topological polar surface area (TPSA) is 70.7 Å². The van der Waals surface area contributed by atoms with Gasteiger partial charge in [-0.15, -0.1) is 11.3 Å². The molecule has 3 aromatic rings. The van der Waals surface area contributed by atoms with Gasteiger partial charge in [0.05, 0.1) is 10.7 Å². The molecule has 124 valence electrons. The molecule has 1 aromatic carbocycles. The molecule has 24 heavy (non-hydrogen) atoms. The highest BCUT2D eigenvalue weighted by molar-refractivity contribution is 7.09. The highest BCUT2D eigenvalue weighted by Crippen LogP contribution is 2.23. The summed E-state index contributed by atoms with van der Waals surface area (Å²) in [7, 11) is 0. The standard InChI is InChI=1S/C18H20N4OS/c1-11(2)8-15-9-16(22-21-15)18(23)20-14-6-4-13(5-7-14)17-10-24-12(3)19-17/h4-7,9-11H,8H2,1-3H3,(H,20,23)(H,21,22). The molecule has 2 N–H and O–H groups in total. The molecule has 0 atom stereocenters. The van der Waals surface area contributed by atoms with Crippen LogP contribution in [0.4, 0.5) is 5.69 Å². The second-order valence-electron chi connectivity index (χ2n) is 6.16. The maximum atomic E-state index is 12.3. The van der Waals surface area contributed by atoms with Crippen molar-refractivity contribution >= 4 is 22.9 Å². The lowest BCUT2D eigenvalue weighted by molar-refractivity contribution is 0.102. The number of amides is 1. The number of anilines is 1. The second-order valence-corrected chi connectivity index (χ2v) is 7.22. The smallest absolute Gasteiger partial charge is 0.276 e. The molecule has 2 aromatic heterocycles. The van der Waals surface area contributed by atoms with Crippen LogP contribution in [0, 0.1) is 12.8 Å². The lowest BCUT2D eigenvalue weighted by atomic mass is 10.1. The molecule has 0 unspecified atom stereocenters. The molecule has 0 radical (unpaired) electrons. The Morgan fingerprint density at radius 1 is 1.29 bits per heavy atom. The van der Waals surface area contributed by atoms with Crippen molar-refractivity contribution in [2.75, 3.05) is 5.32 Å². The van der Waals surface area contributed by atoms with Gasteiger partial charge in [-0.2, -0.15) is 5.10 Å². The minimum atomic E-state index is -0.210. The number of hydrogen-bond donors (Lipinski definition) is 2. The van der Waals surface area contributed by atoms with Gasteiger partial charge in [0.15, 0.2) is 5.69 Å². The van der Waals surface area contributed by atoms with Crippen LogP contribution < -0.4 is 5.32 Å². The number of carbonyl (C=O) groups excluding carboxylic acids is 1. The average Bonchev–Trinajstić information content (AvgIpc) is 3.17. The van der Waals surface area contributed by atoms with E-state index in [2.05, 4.69) is 34.3 Å². The molecule has 0 aliphatic rings. The van der Waals surface area contributed by atoms with Crippen molar-refractivity contribution in [1.82, 2.24) is 15.2 Å². The molecule has 0 bridgehead atoms. The number of carbonyl (C=O) groups is 1. The van der Waals surface area contributed by atoms with E-state index in [1.807, 2.05) is 42.6 Å². The summed E-state index contributed by atoms with van der Waals surface area (Å²) in [6.07, 6.45) is 0.877. The molecule has 1 amide bonds. The quantitative estimate of drug-likeness (QED) is 0.728. The Kier molecular flexibility index (Phi) is 4.76. The van der Waals surface area contributed by atoms with E-state index >= 15 is 0 Å². The maximum absolute atomic E-state index is 12.3. The first-order valence-corrected chi connectivity index (χ1v) is 8.77. The monoisotopic (exact) mass is 340 g/mol. The Hall–Kier alpha value is -2.47. The van der Waals surface area contributed by atoms with Gasteiger partial charge in [-0.3, -0.25) is 9.89 Å². The second kappa shape index (κ2) is 6.97. The van der Waals surface area contributed by atoms with Crippen LogP contribution in [0.2, 0.25) is 0 Å². The molecule has 0 fully saturated rings. The number of nitrogens with one attached hydrogen (secondary N) is 2. The van der Waals surface area contributed by atoms with Gasteiger partial charge in [0.1, 0.15) is 0 Å². The zero-order chi connectivity index (χ0) is 17.1. The van der Waals surface area contributed by atoms with Crippen molar-refractivity contribution in [2.45, 2.75) is 27.2 Å².